The highest BCUT2D eigenvalue weighted by Crippen LogP contribution is 2.45. The quantitative estimate of drug-likeness (QED) is 0.712. The first kappa shape index (κ1) is 21.4. The Morgan fingerprint density at radius 2 is 1.62 bits per heavy atom. The van der Waals surface area contributed by atoms with Crippen LogP contribution in [0.1, 0.15) is 51.5 Å². The molecule has 156 valence electrons. The van der Waals surface area contributed by atoms with Crippen LogP contribution in [0, 0.1) is 5.92 Å². The van der Waals surface area contributed by atoms with E-state index in [0.29, 0.717) is 5.69 Å². The van der Waals surface area contributed by atoms with E-state index in [2.05, 4.69) is 0 Å². The zero-order valence-corrected chi connectivity index (χ0v) is 17.8. The summed E-state index contributed by atoms with van der Waals surface area (Å²) in [5.74, 6) is 0.149. The lowest BCUT2D eigenvalue weighted by molar-refractivity contribution is -0.248. The van der Waals surface area contributed by atoms with E-state index in [9.17, 15) is 18.3 Å². The van der Waals surface area contributed by atoms with Crippen LogP contribution < -0.4 is 10.0 Å². The molecule has 1 aliphatic carbocycles. The third kappa shape index (κ3) is 4.17. The largest absolute Gasteiger partial charge is 0.530 e. The molecule has 1 aliphatic rings. The van der Waals surface area contributed by atoms with Crippen molar-refractivity contribution >= 4 is 21.6 Å². The monoisotopic (exact) mass is 414 g/mol. The van der Waals surface area contributed by atoms with Gasteiger partial charge in [-0.05, 0) is 55.5 Å². The van der Waals surface area contributed by atoms with Crippen molar-refractivity contribution < 1.29 is 18.3 Å². The molecule has 6 heteroatoms. The lowest BCUT2D eigenvalue weighted by Gasteiger charge is -2.49. The molecule has 1 fully saturated rings. The summed E-state index contributed by atoms with van der Waals surface area (Å²) in [5, 5.41) is 12.4. The summed E-state index contributed by atoms with van der Waals surface area (Å²) in [6, 6.07) is 15.8. The Balaban J connectivity index is 2.11. The van der Waals surface area contributed by atoms with Gasteiger partial charge in [-0.3, -0.25) is 0 Å². The average molecular weight is 415 g/mol. The second-order valence-corrected chi connectivity index (χ2v) is 10.1. The highest BCUT2D eigenvalue weighted by Gasteiger charge is 2.42. The Kier molecular flexibility index (Phi) is 6.32. The number of hydrogen-bond acceptors (Lipinski definition) is 4. The first-order valence-electron chi connectivity index (χ1n) is 10.2. The van der Waals surface area contributed by atoms with Gasteiger partial charge in [0.05, 0.1) is 16.2 Å². The van der Waals surface area contributed by atoms with Crippen LogP contribution in [-0.4, -0.2) is 20.3 Å². The summed E-state index contributed by atoms with van der Waals surface area (Å²) in [6.07, 6.45) is 3.90. The molecule has 1 atom stereocenters. The highest BCUT2D eigenvalue weighted by molar-refractivity contribution is 7.91. The van der Waals surface area contributed by atoms with Crippen molar-refractivity contribution in [3.8, 4) is 0 Å². The summed E-state index contributed by atoms with van der Waals surface area (Å²) in [4.78, 5) is 13.9. The number of rotatable bonds is 6. The van der Waals surface area contributed by atoms with Crippen molar-refractivity contribution in [1.29, 1.82) is 0 Å². The molecule has 29 heavy (non-hydrogen) atoms. The molecular weight excluding hydrogens is 386 g/mol. The maximum Gasteiger partial charge on any atom is 0.178 e. The van der Waals surface area contributed by atoms with Crippen LogP contribution in [0.2, 0.25) is 0 Å². The van der Waals surface area contributed by atoms with Gasteiger partial charge in [0.2, 0.25) is 0 Å². The number of hydrogen-bond donors (Lipinski definition) is 0. The van der Waals surface area contributed by atoms with Gasteiger partial charge in [-0.1, -0.05) is 56.5 Å². The SMILES string of the molecule is CCS(=O)(=O)c1ccc(N(C(=O)[O-])C(C)(c2ccccc2)C2CCCCC2)cc1. The minimum atomic E-state index is -3.35. The maximum atomic E-state index is 12.4. The summed E-state index contributed by atoms with van der Waals surface area (Å²) < 4.78 is 24.3. The Hall–Kier alpha value is -2.34. The number of sulfone groups is 1. The van der Waals surface area contributed by atoms with Crippen molar-refractivity contribution in [2.24, 2.45) is 5.92 Å². The molecule has 5 nitrogen and oxygen atoms in total. The van der Waals surface area contributed by atoms with Gasteiger partial charge >= 0.3 is 0 Å². The van der Waals surface area contributed by atoms with Crippen molar-refractivity contribution in [2.75, 3.05) is 10.7 Å². The lowest BCUT2D eigenvalue weighted by Crippen LogP contribution is -2.57. The number of carbonyl (C=O) groups is 1. The number of benzene rings is 2. The number of amides is 1. The van der Waals surface area contributed by atoms with Crippen molar-refractivity contribution in [3.05, 3.63) is 60.2 Å². The third-order valence-electron chi connectivity index (χ3n) is 6.24. The van der Waals surface area contributed by atoms with Crippen LogP contribution in [0.5, 0.6) is 0 Å². The van der Waals surface area contributed by atoms with E-state index in [-0.39, 0.29) is 16.6 Å². The summed E-state index contributed by atoms with van der Waals surface area (Å²) in [6.45, 7) is 3.55. The van der Waals surface area contributed by atoms with E-state index in [0.717, 1.165) is 37.7 Å². The predicted octanol–water partition coefficient (Wildman–Crippen LogP) is 4.13. The van der Waals surface area contributed by atoms with E-state index >= 15 is 0 Å². The van der Waals surface area contributed by atoms with Crippen molar-refractivity contribution in [1.82, 2.24) is 0 Å². The fourth-order valence-electron chi connectivity index (χ4n) is 4.52. The van der Waals surface area contributed by atoms with E-state index in [1.807, 2.05) is 37.3 Å². The fraction of sp³-hybridized carbons (Fsp3) is 0.435. The predicted molar refractivity (Wildman–Crippen MR) is 112 cm³/mol. The van der Waals surface area contributed by atoms with E-state index < -0.39 is 21.5 Å². The second kappa shape index (κ2) is 8.57. The average Bonchev–Trinajstić information content (AvgIpc) is 2.75. The molecule has 1 unspecified atom stereocenters. The molecule has 0 aliphatic heterocycles. The molecule has 1 amide bonds. The third-order valence-corrected chi connectivity index (χ3v) is 7.99. The van der Waals surface area contributed by atoms with E-state index in [1.165, 1.54) is 17.0 Å². The van der Waals surface area contributed by atoms with Gasteiger partial charge < -0.3 is 14.8 Å². The first-order chi connectivity index (χ1) is 13.8. The molecule has 1 saturated carbocycles. The van der Waals surface area contributed by atoms with E-state index in [4.69, 9.17) is 0 Å². The highest BCUT2D eigenvalue weighted by atomic mass is 32.2. The smallest absolute Gasteiger partial charge is 0.178 e. The summed E-state index contributed by atoms with van der Waals surface area (Å²) in [5.41, 5.74) is 0.546. The van der Waals surface area contributed by atoms with Crippen LogP contribution >= 0.6 is 0 Å². The van der Waals surface area contributed by atoms with Crippen molar-refractivity contribution in [2.45, 2.75) is 56.4 Å². The molecule has 3 rings (SSSR count). The molecule has 0 bridgehead atoms. The van der Waals surface area contributed by atoms with Gasteiger partial charge in [0.15, 0.2) is 9.84 Å². The Labute approximate surface area is 173 Å². The number of carbonyl (C=O) groups excluding carboxylic acids is 1. The molecular formula is C23H28NO4S-. The molecule has 0 heterocycles. The van der Waals surface area contributed by atoms with Crippen LogP contribution in [0.3, 0.4) is 0 Å². The van der Waals surface area contributed by atoms with Gasteiger partial charge in [0.25, 0.3) is 0 Å². The minimum absolute atomic E-state index is 0.000349. The van der Waals surface area contributed by atoms with E-state index in [1.54, 1.807) is 19.1 Å². The van der Waals surface area contributed by atoms with Gasteiger partial charge in [-0.2, -0.15) is 0 Å². The second-order valence-electron chi connectivity index (χ2n) is 7.85. The zero-order chi connectivity index (χ0) is 21.1. The number of anilines is 1. The molecule has 0 N–H and O–H groups in total. The molecule has 0 spiro atoms. The number of nitrogens with zero attached hydrogens (tertiary/aromatic N) is 1. The molecule has 2 aromatic rings. The van der Waals surface area contributed by atoms with Crippen LogP contribution in [0.4, 0.5) is 10.5 Å². The fourth-order valence-corrected chi connectivity index (χ4v) is 5.40. The van der Waals surface area contributed by atoms with Crippen molar-refractivity contribution in [3.63, 3.8) is 0 Å². The topological polar surface area (TPSA) is 77.5 Å². The van der Waals surface area contributed by atoms with Crippen LogP contribution in [0.25, 0.3) is 0 Å². The summed E-state index contributed by atoms with van der Waals surface area (Å²) in [7, 11) is -3.35. The van der Waals surface area contributed by atoms with Gasteiger partial charge in [0, 0.05) is 5.69 Å². The maximum absolute atomic E-state index is 12.4. The molecule has 0 aromatic heterocycles. The van der Waals surface area contributed by atoms with Crippen LogP contribution in [-0.2, 0) is 15.4 Å². The zero-order valence-electron chi connectivity index (χ0n) is 17.0. The van der Waals surface area contributed by atoms with Gasteiger partial charge in [-0.25, -0.2) is 8.42 Å². The standard InChI is InChI=1S/C23H29NO4S/c1-3-29(27,28)21-16-14-20(15-17-21)24(22(25)26)23(2,18-10-6-4-7-11-18)19-12-8-5-9-13-19/h4,6-7,10-11,14-17,19H,3,5,8-9,12-13H2,1-2H3,(H,25,26)/p-1. The van der Waals surface area contributed by atoms with Crippen LogP contribution in [0.15, 0.2) is 59.5 Å². The van der Waals surface area contributed by atoms with Gasteiger partial charge in [0.1, 0.15) is 6.09 Å². The molecule has 0 saturated heterocycles. The molecule has 0 radical (unpaired) electrons. The summed E-state index contributed by atoms with van der Waals surface area (Å²) >= 11 is 0. The molecule has 2 aromatic carbocycles. The normalized spacial score (nSPS) is 17.4. The Morgan fingerprint density at radius 1 is 1.03 bits per heavy atom. The first-order valence-corrected chi connectivity index (χ1v) is 11.9. The van der Waals surface area contributed by atoms with Gasteiger partial charge in [-0.15, -0.1) is 0 Å². The number of carboxylic acid groups (broad SMARTS) is 1. The lowest BCUT2D eigenvalue weighted by atomic mass is 9.71. The minimum Gasteiger partial charge on any atom is -0.530 e. The Morgan fingerprint density at radius 3 is 2.14 bits per heavy atom. The Bertz CT molecular complexity index is 935.